The summed E-state index contributed by atoms with van der Waals surface area (Å²) >= 11 is 0. The number of anilines is 1. The lowest BCUT2D eigenvalue weighted by atomic mass is 10.2. The average Bonchev–Trinajstić information content (AvgIpc) is 2.37. The van der Waals surface area contributed by atoms with E-state index in [0.29, 0.717) is 18.8 Å². The monoisotopic (exact) mass is 250 g/mol. The van der Waals surface area contributed by atoms with E-state index < -0.39 is 5.97 Å². The molecule has 0 aliphatic heterocycles. The molecule has 98 valence electrons. The third kappa shape index (κ3) is 3.55. The normalized spacial score (nSPS) is 10.1. The highest BCUT2D eigenvalue weighted by Gasteiger charge is 2.14. The van der Waals surface area contributed by atoms with E-state index in [1.807, 2.05) is 13.8 Å². The molecule has 0 aliphatic rings. The molecule has 0 aromatic carbocycles. The van der Waals surface area contributed by atoms with Crippen LogP contribution in [-0.4, -0.2) is 28.5 Å². The molecule has 0 bridgehead atoms. The van der Waals surface area contributed by atoms with Crippen LogP contribution in [0.25, 0.3) is 0 Å². The van der Waals surface area contributed by atoms with Gasteiger partial charge >= 0.3 is 5.97 Å². The predicted octanol–water partition coefficient (Wildman–Crippen LogP) is 2.32. The number of aromatic nitrogens is 1. The molecule has 0 saturated heterocycles. The van der Waals surface area contributed by atoms with E-state index in [1.165, 1.54) is 12.3 Å². The number of aromatic carboxylic acids is 1. The number of rotatable bonds is 6. The Labute approximate surface area is 106 Å². The lowest BCUT2D eigenvalue weighted by molar-refractivity contribution is -0.118. The van der Waals surface area contributed by atoms with Crippen molar-refractivity contribution in [2.45, 2.75) is 33.1 Å². The number of amides is 1. The van der Waals surface area contributed by atoms with E-state index in [0.717, 1.165) is 12.8 Å². The first-order valence-corrected chi connectivity index (χ1v) is 6.09. The van der Waals surface area contributed by atoms with Crippen LogP contribution in [0.3, 0.4) is 0 Å². The largest absolute Gasteiger partial charge is 0.478 e. The Morgan fingerprint density at radius 2 is 2.06 bits per heavy atom. The van der Waals surface area contributed by atoms with Crippen LogP contribution in [0, 0.1) is 0 Å². The molecule has 0 atom stereocenters. The number of hydrogen-bond donors (Lipinski definition) is 1. The second kappa shape index (κ2) is 6.74. The van der Waals surface area contributed by atoms with Gasteiger partial charge < -0.3 is 5.11 Å². The third-order valence-electron chi connectivity index (χ3n) is 2.63. The molecule has 0 aliphatic carbocycles. The predicted molar refractivity (Wildman–Crippen MR) is 68.7 cm³/mol. The summed E-state index contributed by atoms with van der Waals surface area (Å²) in [7, 11) is 0. The summed E-state index contributed by atoms with van der Waals surface area (Å²) < 4.78 is 0. The van der Waals surface area contributed by atoms with Crippen LogP contribution < -0.4 is 4.90 Å². The zero-order valence-electron chi connectivity index (χ0n) is 10.7. The summed E-state index contributed by atoms with van der Waals surface area (Å²) in [6.07, 6.45) is 3.58. The van der Waals surface area contributed by atoms with Crippen molar-refractivity contribution < 1.29 is 14.7 Å². The first-order chi connectivity index (χ1) is 8.60. The number of carboxylic acid groups (broad SMARTS) is 1. The highest BCUT2D eigenvalue weighted by Crippen LogP contribution is 2.13. The van der Waals surface area contributed by atoms with Crippen LogP contribution >= 0.6 is 0 Å². The number of unbranched alkanes of at least 4 members (excludes halogenated alkanes) is 1. The van der Waals surface area contributed by atoms with Gasteiger partial charge in [-0.15, -0.1) is 0 Å². The number of carbonyl (C=O) groups is 2. The van der Waals surface area contributed by atoms with Crippen molar-refractivity contribution in [3.63, 3.8) is 0 Å². The Hall–Kier alpha value is -1.91. The molecule has 18 heavy (non-hydrogen) atoms. The minimum absolute atomic E-state index is 0.0231. The highest BCUT2D eigenvalue weighted by molar-refractivity contribution is 5.93. The molecule has 0 radical (unpaired) electrons. The lowest BCUT2D eigenvalue weighted by Gasteiger charge is -2.19. The summed E-state index contributed by atoms with van der Waals surface area (Å²) in [5.41, 5.74) is 0.121. The highest BCUT2D eigenvalue weighted by atomic mass is 16.4. The second-order valence-electron chi connectivity index (χ2n) is 3.95. The summed E-state index contributed by atoms with van der Waals surface area (Å²) in [5, 5.41) is 8.78. The Balaban J connectivity index is 2.81. The molecule has 0 saturated carbocycles. The second-order valence-corrected chi connectivity index (χ2v) is 3.95. The molecule has 5 nitrogen and oxygen atoms in total. The molecule has 5 heteroatoms. The van der Waals surface area contributed by atoms with E-state index in [-0.39, 0.29) is 11.5 Å². The number of hydrogen-bond acceptors (Lipinski definition) is 3. The van der Waals surface area contributed by atoms with Gasteiger partial charge in [-0.25, -0.2) is 9.78 Å². The Morgan fingerprint density at radius 1 is 1.33 bits per heavy atom. The summed E-state index contributed by atoms with van der Waals surface area (Å²) in [5.74, 6) is -0.493. The van der Waals surface area contributed by atoms with Crippen LogP contribution in [0.1, 0.15) is 43.5 Å². The summed E-state index contributed by atoms with van der Waals surface area (Å²) in [4.78, 5) is 28.2. The molecule has 1 amide bonds. The van der Waals surface area contributed by atoms with E-state index in [4.69, 9.17) is 5.11 Å². The van der Waals surface area contributed by atoms with Crippen molar-refractivity contribution in [1.82, 2.24) is 4.98 Å². The van der Waals surface area contributed by atoms with Crippen molar-refractivity contribution in [2.75, 3.05) is 11.4 Å². The van der Waals surface area contributed by atoms with Crippen molar-refractivity contribution in [3.8, 4) is 0 Å². The molecule has 0 spiro atoms. The summed E-state index contributed by atoms with van der Waals surface area (Å²) in [6.45, 7) is 4.43. The number of carbonyl (C=O) groups excluding carboxylic acids is 1. The molecule has 0 unspecified atom stereocenters. The number of carboxylic acids is 1. The first kappa shape index (κ1) is 14.2. The van der Waals surface area contributed by atoms with E-state index in [9.17, 15) is 9.59 Å². The van der Waals surface area contributed by atoms with Crippen LogP contribution in [0.5, 0.6) is 0 Å². The molecular formula is C13H18N2O3. The molecule has 1 N–H and O–H groups in total. The molecule has 1 aromatic rings. The molecule has 1 heterocycles. The quantitative estimate of drug-likeness (QED) is 0.841. The fourth-order valence-electron chi connectivity index (χ4n) is 1.60. The van der Waals surface area contributed by atoms with Crippen LogP contribution in [-0.2, 0) is 4.79 Å². The molecule has 0 fully saturated rings. The Kier molecular flexibility index (Phi) is 5.30. The zero-order valence-corrected chi connectivity index (χ0v) is 10.7. The van der Waals surface area contributed by atoms with Crippen molar-refractivity contribution >= 4 is 17.7 Å². The van der Waals surface area contributed by atoms with E-state index in [2.05, 4.69) is 4.98 Å². The lowest BCUT2D eigenvalue weighted by Crippen LogP contribution is -2.31. The van der Waals surface area contributed by atoms with Crippen LogP contribution in [0.4, 0.5) is 5.82 Å². The smallest absolute Gasteiger partial charge is 0.337 e. The maximum absolute atomic E-state index is 11.9. The van der Waals surface area contributed by atoms with Gasteiger partial charge in [-0.05, 0) is 25.5 Å². The minimum Gasteiger partial charge on any atom is -0.478 e. The maximum Gasteiger partial charge on any atom is 0.337 e. The van der Waals surface area contributed by atoms with Gasteiger partial charge in [0, 0.05) is 19.2 Å². The molecule has 1 rings (SSSR count). The Morgan fingerprint density at radius 3 is 2.50 bits per heavy atom. The van der Waals surface area contributed by atoms with Crippen LogP contribution in [0.15, 0.2) is 18.3 Å². The average molecular weight is 250 g/mol. The standard InChI is InChI=1S/C13H18N2O3/c1-3-5-6-12(16)15(4-2)11-8-7-10(9-14-11)13(17)18/h7-9H,3-6H2,1-2H3,(H,17,18). The van der Waals surface area contributed by atoms with Crippen molar-refractivity contribution in [2.24, 2.45) is 0 Å². The topological polar surface area (TPSA) is 70.5 Å². The van der Waals surface area contributed by atoms with Crippen molar-refractivity contribution in [3.05, 3.63) is 23.9 Å². The van der Waals surface area contributed by atoms with Gasteiger partial charge in [-0.1, -0.05) is 13.3 Å². The SMILES string of the molecule is CCCCC(=O)N(CC)c1ccc(C(=O)O)cn1. The van der Waals surface area contributed by atoms with Gasteiger partial charge in [-0.2, -0.15) is 0 Å². The number of nitrogens with zero attached hydrogens (tertiary/aromatic N) is 2. The maximum atomic E-state index is 11.9. The fourth-order valence-corrected chi connectivity index (χ4v) is 1.60. The van der Waals surface area contributed by atoms with E-state index >= 15 is 0 Å². The van der Waals surface area contributed by atoms with E-state index in [1.54, 1.807) is 11.0 Å². The van der Waals surface area contributed by atoms with Gasteiger partial charge in [0.05, 0.1) is 5.56 Å². The minimum atomic E-state index is -1.02. The van der Waals surface area contributed by atoms with Crippen LogP contribution in [0.2, 0.25) is 0 Å². The zero-order chi connectivity index (χ0) is 13.5. The first-order valence-electron chi connectivity index (χ1n) is 6.09. The summed E-state index contributed by atoms with van der Waals surface area (Å²) in [6, 6.07) is 3.03. The van der Waals surface area contributed by atoms with Gasteiger partial charge in [0.2, 0.25) is 5.91 Å². The molecular weight excluding hydrogens is 232 g/mol. The van der Waals surface area contributed by atoms with Gasteiger partial charge in [-0.3, -0.25) is 9.69 Å². The van der Waals surface area contributed by atoms with Gasteiger partial charge in [0.25, 0.3) is 0 Å². The fraction of sp³-hybridized carbons (Fsp3) is 0.462. The van der Waals surface area contributed by atoms with Gasteiger partial charge in [0.15, 0.2) is 0 Å². The number of pyridine rings is 1. The molecule has 1 aromatic heterocycles. The van der Waals surface area contributed by atoms with Gasteiger partial charge in [0.1, 0.15) is 5.82 Å². The Bertz CT molecular complexity index is 415. The third-order valence-corrected chi connectivity index (χ3v) is 2.63. The van der Waals surface area contributed by atoms with Crippen molar-refractivity contribution in [1.29, 1.82) is 0 Å².